The van der Waals surface area contributed by atoms with Crippen molar-refractivity contribution in [2.45, 2.75) is 26.2 Å². The fourth-order valence-corrected chi connectivity index (χ4v) is 5.08. The molecule has 5 nitrogen and oxygen atoms in total. The molecule has 0 radical (unpaired) electrons. The Morgan fingerprint density at radius 1 is 0.821 bits per heavy atom. The summed E-state index contributed by atoms with van der Waals surface area (Å²) in [5.74, 6) is -0.0240. The van der Waals surface area contributed by atoms with Gasteiger partial charge in [0.25, 0.3) is 0 Å². The van der Waals surface area contributed by atoms with Crippen LogP contribution in [-0.2, 0) is 11.2 Å². The normalized spacial score (nSPS) is 11.1. The molecule has 1 amide bonds. The highest BCUT2D eigenvalue weighted by atomic mass is 16.2. The lowest BCUT2D eigenvalue weighted by molar-refractivity contribution is -0.121. The van der Waals surface area contributed by atoms with Crippen LogP contribution in [0.3, 0.4) is 0 Å². The fourth-order valence-electron chi connectivity index (χ4n) is 5.08. The van der Waals surface area contributed by atoms with E-state index in [-0.39, 0.29) is 5.91 Å². The van der Waals surface area contributed by atoms with E-state index in [0.717, 1.165) is 45.6 Å². The first-order valence-electron chi connectivity index (χ1n) is 13.3. The maximum Gasteiger partial charge on any atom is 0.238 e. The molecule has 2 aromatic heterocycles. The molecular weight excluding hydrogens is 480 g/mol. The number of aromatic nitrogens is 2. The van der Waals surface area contributed by atoms with Crippen molar-refractivity contribution in [3.63, 3.8) is 0 Å². The van der Waals surface area contributed by atoms with Gasteiger partial charge in [0.15, 0.2) is 0 Å². The summed E-state index contributed by atoms with van der Waals surface area (Å²) < 4.78 is 0. The first-order chi connectivity index (χ1) is 19.2. The Balaban J connectivity index is 1.24. The van der Waals surface area contributed by atoms with Gasteiger partial charge in [-0.2, -0.15) is 0 Å². The Kier molecular flexibility index (Phi) is 6.79. The number of rotatable bonds is 8. The van der Waals surface area contributed by atoms with Crippen molar-refractivity contribution >= 4 is 39.1 Å². The van der Waals surface area contributed by atoms with Gasteiger partial charge in [-0.3, -0.25) is 15.2 Å². The SMILES string of the molecule is Cc1ccc2[nH]c(-c3ccc4ccccc4n3)c(CCCC(=O)NN(c3ccccc3)c3ccccc3)c2c1. The number of fused-ring (bicyclic) bond motifs is 2. The molecule has 0 unspecified atom stereocenters. The highest BCUT2D eigenvalue weighted by Gasteiger charge is 2.17. The van der Waals surface area contributed by atoms with Crippen molar-refractivity contribution in [3.8, 4) is 11.4 Å². The summed E-state index contributed by atoms with van der Waals surface area (Å²) in [6.45, 7) is 2.11. The number of amides is 1. The molecule has 4 aromatic carbocycles. The van der Waals surface area contributed by atoms with Crippen LogP contribution >= 0.6 is 0 Å². The molecule has 0 aliphatic rings. The molecule has 0 saturated carbocycles. The lowest BCUT2D eigenvalue weighted by Crippen LogP contribution is -2.38. The zero-order valence-corrected chi connectivity index (χ0v) is 21.9. The molecule has 6 rings (SSSR count). The van der Waals surface area contributed by atoms with Gasteiger partial charge in [0, 0.05) is 22.7 Å². The number of benzene rings is 4. The minimum absolute atomic E-state index is 0.0240. The first kappa shape index (κ1) is 24.4. The van der Waals surface area contributed by atoms with Gasteiger partial charge in [-0.25, -0.2) is 4.98 Å². The van der Waals surface area contributed by atoms with Crippen molar-refractivity contribution in [1.82, 2.24) is 15.4 Å². The van der Waals surface area contributed by atoms with Gasteiger partial charge in [0.1, 0.15) is 0 Å². The smallest absolute Gasteiger partial charge is 0.238 e. The topological polar surface area (TPSA) is 61.0 Å². The second-order valence-corrected chi connectivity index (χ2v) is 9.81. The van der Waals surface area contributed by atoms with Crippen LogP contribution in [0.15, 0.2) is 115 Å². The maximum absolute atomic E-state index is 13.2. The average molecular weight is 511 g/mol. The number of carbonyl (C=O) groups excluding carboxylic acids is 1. The molecular formula is C34H30N4O. The average Bonchev–Trinajstić information content (AvgIpc) is 3.34. The molecule has 0 spiro atoms. The highest BCUT2D eigenvalue weighted by Crippen LogP contribution is 2.32. The van der Waals surface area contributed by atoms with Crippen molar-refractivity contribution in [3.05, 3.63) is 126 Å². The number of carbonyl (C=O) groups is 1. The number of hydrogen-bond acceptors (Lipinski definition) is 3. The molecule has 0 fully saturated rings. The van der Waals surface area contributed by atoms with Gasteiger partial charge >= 0.3 is 0 Å². The lowest BCUT2D eigenvalue weighted by atomic mass is 10.0. The largest absolute Gasteiger partial charge is 0.353 e. The van der Waals surface area contributed by atoms with Crippen LogP contribution in [0, 0.1) is 6.92 Å². The Bertz CT molecular complexity index is 1700. The summed E-state index contributed by atoms with van der Waals surface area (Å²) in [6, 6.07) is 38.6. The van der Waals surface area contributed by atoms with E-state index in [2.05, 4.69) is 53.7 Å². The van der Waals surface area contributed by atoms with Gasteiger partial charge in [-0.15, -0.1) is 0 Å². The van der Waals surface area contributed by atoms with E-state index in [4.69, 9.17) is 4.98 Å². The van der Waals surface area contributed by atoms with Crippen molar-refractivity contribution in [1.29, 1.82) is 0 Å². The number of nitrogens with one attached hydrogen (secondary N) is 2. The number of aromatic amines is 1. The number of pyridine rings is 1. The van der Waals surface area contributed by atoms with E-state index >= 15 is 0 Å². The second-order valence-electron chi connectivity index (χ2n) is 9.81. The minimum Gasteiger partial charge on any atom is -0.353 e. The third kappa shape index (κ3) is 5.25. The van der Waals surface area contributed by atoms with E-state index in [1.165, 1.54) is 16.5 Å². The van der Waals surface area contributed by atoms with E-state index in [9.17, 15) is 4.79 Å². The quantitative estimate of drug-likeness (QED) is 0.205. The molecule has 0 aliphatic carbocycles. The fraction of sp³-hybridized carbons (Fsp3) is 0.118. The number of H-pyrrole nitrogens is 1. The number of hydrazine groups is 1. The summed E-state index contributed by atoms with van der Waals surface area (Å²) in [7, 11) is 0. The Hall–Kier alpha value is -4.90. The summed E-state index contributed by atoms with van der Waals surface area (Å²) in [5, 5.41) is 4.16. The molecule has 0 atom stereocenters. The van der Waals surface area contributed by atoms with E-state index in [1.807, 2.05) is 83.9 Å². The standard InChI is InChI=1S/C34H30N4O/c1-24-19-21-31-29(23-24)28(34(36-31)32-22-20-25-11-8-9-17-30(25)35-32)16-10-18-33(39)37-38(26-12-4-2-5-13-26)27-14-6-3-7-15-27/h2-9,11-15,17,19-23,36H,10,16,18H2,1H3,(H,37,39). The third-order valence-corrected chi connectivity index (χ3v) is 7.01. The van der Waals surface area contributed by atoms with Crippen molar-refractivity contribution < 1.29 is 4.79 Å². The molecule has 5 heteroatoms. The minimum atomic E-state index is -0.0240. The van der Waals surface area contributed by atoms with Gasteiger partial charge < -0.3 is 4.98 Å². The maximum atomic E-state index is 13.2. The Morgan fingerprint density at radius 2 is 1.51 bits per heavy atom. The molecule has 2 N–H and O–H groups in total. The predicted octanol–water partition coefficient (Wildman–Crippen LogP) is 7.88. The van der Waals surface area contributed by atoms with Crippen LogP contribution in [0.5, 0.6) is 0 Å². The number of para-hydroxylation sites is 3. The molecule has 0 aliphatic heterocycles. The number of hydrogen-bond donors (Lipinski definition) is 2. The summed E-state index contributed by atoms with van der Waals surface area (Å²) in [6.07, 6.45) is 1.88. The molecule has 0 saturated heterocycles. The van der Waals surface area contributed by atoms with Crippen LogP contribution in [0.25, 0.3) is 33.2 Å². The van der Waals surface area contributed by atoms with Gasteiger partial charge in [-0.1, -0.05) is 72.3 Å². The van der Waals surface area contributed by atoms with Crippen molar-refractivity contribution in [2.24, 2.45) is 0 Å². The molecule has 0 bridgehead atoms. The van der Waals surface area contributed by atoms with E-state index < -0.39 is 0 Å². The van der Waals surface area contributed by atoms with E-state index in [0.29, 0.717) is 12.8 Å². The third-order valence-electron chi connectivity index (χ3n) is 7.01. The van der Waals surface area contributed by atoms with Crippen molar-refractivity contribution in [2.75, 3.05) is 5.01 Å². The van der Waals surface area contributed by atoms with Crippen LogP contribution < -0.4 is 10.4 Å². The van der Waals surface area contributed by atoms with Crippen LogP contribution in [0.1, 0.15) is 24.0 Å². The van der Waals surface area contributed by atoms with Crippen LogP contribution in [-0.4, -0.2) is 15.9 Å². The lowest BCUT2D eigenvalue weighted by Gasteiger charge is -2.25. The number of aryl methyl sites for hydroxylation is 2. The second kappa shape index (κ2) is 10.8. The predicted molar refractivity (Wildman–Crippen MR) is 160 cm³/mol. The van der Waals surface area contributed by atoms with Gasteiger partial charge in [0.2, 0.25) is 5.91 Å². The van der Waals surface area contributed by atoms with Gasteiger partial charge in [0.05, 0.1) is 28.3 Å². The molecule has 2 heterocycles. The zero-order chi connectivity index (χ0) is 26.6. The highest BCUT2D eigenvalue weighted by molar-refractivity contribution is 5.92. The molecule has 192 valence electrons. The summed E-state index contributed by atoms with van der Waals surface area (Å²) >= 11 is 0. The van der Waals surface area contributed by atoms with Gasteiger partial charge in [-0.05, 0) is 73.9 Å². The van der Waals surface area contributed by atoms with Crippen LogP contribution in [0.4, 0.5) is 11.4 Å². The zero-order valence-electron chi connectivity index (χ0n) is 21.9. The first-order valence-corrected chi connectivity index (χ1v) is 13.3. The Labute approximate surface area is 228 Å². The molecule has 6 aromatic rings. The number of anilines is 2. The van der Waals surface area contributed by atoms with Crippen LogP contribution in [0.2, 0.25) is 0 Å². The van der Waals surface area contributed by atoms with E-state index in [1.54, 1.807) is 0 Å². The Morgan fingerprint density at radius 3 is 2.26 bits per heavy atom. The summed E-state index contributed by atoms with van der Waals surface area (Å²) in [4.78, 5) is 21.7. The summed E-state index contributed by atoms with van der Waals surface area (Å²) in [5.41, 5.74) is 11.3. The number of nitrogens with zero attached hydrogens (tertiary/aromatic N) is 2. The molecule has 39 heavy (non-hydrogen) atoms. The monoisotopic (exact) mass is 510 g/mol.